The van der Waals surface area contributed by atoms with Crippen LogP contribution in [-0.4, -0.2) is 12.8 Å². The van der Waals surface area contributed by atoms with Crippen molar-refractivity contribution in [2.45, 2.75) is 12.2 Å². The molecule has 0 amide bonds. The predicted octanol–water partition coefficient (Wildman–Crippen LogP) is 3.34. The summed E-state index contributed by atoms with van der Waals surface area (Å²) >= 11 is 0. The Kier molecular flexibility index (Phi) is 2.74. The van der Waals surface area contributed by atoms with Gasteiger partial charge in [0.1, 0.15) is 5.58 Å². The molecule has 2 aromatic rings. The minimum Gasteiger partial charge on any atom is -0.464 e. The van der Waals surface area contributed by atoms with Crippen molar-refractivity contribution in [1.29, 1.82) is 0 Å². The molecule has 1 unspecified atom stereocenters. The highest BCUT2D eigenvalue weighted by Crippen LogP contribution is 2.36. The maximum absolute atomic E-state index is 11.2. The minimum absolute atomic E-state index is 0.0466. The topological polar surface area (TPSA) is 56.3 Å². The van der Waals surface area contributed by atoms with Crippen LogP contribution in [0.25, 0.3) is 16.5 Å². The normalized spacial score (nSPS) is 19.1. The van der Waals surface area contributed by atoms with Crippen LogP contribution in [0.2, 0.25) is 5.82 Å². The third-order valence-corrected chi connectivity index (χ3v) is 3.21. The second-order valence-corrected chi connectivity index (χ2v) is 4.47. The van der Waals surface area contributed by atoms with E-state index in [9.17, 15) is 10.1 Å². The fourth-order valence-electron chi connectivity index (χ4n) is 2.31. The number of benzene rings is 1. The number of nitro groups is 1. The summed E-state index contributed by atoms with van der Waals surface area (Å²) in [4.78, 5) is 10.8. The van der Waals surface area contributed by atoms with Gasteiger partial charge in [-0.15, -0.1) is 0 Å². The Balaban J connectivity index is 2.16. The first-order valence-electron chi connectivity index (χ1n) is 5.96. The highest BCUT2D eigenvalue weighted by Gasteiger charge is 2.26. The fraction of sp³-hybridized carbons (Fsp3) is 0.143. The van der Waals surface area contributed by atoms with E-state index in [1.807, 2.05) is 24.3 Å². The second kappa shape index (κ2) is 4.42. The van der Waals surface area contributed by atoms with E-state index in [1.54, 1.807) is 12.3 Å². The van der Waals surface area contributed by atoms with Gasteiger partial charge < -0.3 is 4.42 Å². The van der Waals surface area contributed by atoms with Crippen LogP contribution in [0, 0.1) is 10.1 Å². The molecule has 19 heavy (non-hydrogen) atoms. The number of furan rings is 1. The molecule has 3 rings (SSSR count). The summed E-state index contributed by atoms with van der Waals surface area (Å²) in [6, 6.07) is 7.47. The first-order chi connectivity index (χ1) is 9.16. The SMILES string of the molecule is [B]C1C=C([N+](=O)[O-])C(c2coc3ccccc23)=CC1. The molecule has 1 atom stereocenters. The molecular weight excluding hydrogens is 241 g/mol. The van der Waals surface area contributed by atoms with Gasteiger partial charge in [0, 0.05) is 10.9 Å². The van der Waals surface area contributed by atoms with E-state index in [2.05, 4.69) is 0 Å². The van der Waals surface area contributed by atoms with Crippen molar-refractivity contribution in [2.24, 2.45) is 0 Å². The molecule has 0 N–H and O–H groups in total. The van der Waals surface area contributed by atoms with Crippen molar-refractivity contribution in [2.75, 3.05) is 0 Å². The highest BCUT2D eigenvalue weighted by molar-refractivity contribution is 6.13. The molecule has 5 heteroatoms. The molecule has 0 fully saturated rings. The number of para-hydroxylation sites is 1. The third kappa shape index (κ3) is 1.97. The summed E-state index contributed by atoms with van der Waals surface area (Å²) in [6.45, 7) is 0. The second-order valence-electron chi connectivity index (χ2n) is 4.47. The predicted molar refractivity (Wildman–Crippen MR) is 73.4 cm³/mol. The maximum Gasteiger partial charge on any atom is 0.272 e. The van der Waals surface area contributed by atoms with Gasteiger partial charge in [0.2, 0.25) is 0 Å². The van der Waals surface area contributed by atoms with Gasteiger partial charge in [-0.2, -0.15) is 0 Å². The van der Waals surface area contributed by atoms with Crippen molar-refractivity contribution in [1.82, 2.24) is 0 Å². The largest absolute Gasteiger partial charge is 0.464 e. The number of rotatable bonds is 2. The summed E-state index contributed by atoms with van der Waals surface area (Å²) in [5, 5.41) is 12.0. The molecule has 4 nitrogen and oxygen atoms in total. The molecule has 1 aliphatic rings. The van der Waals surface area contributed by atoms with E-state index >= 15 is 0 Å². The van der Waals surface area contributed by atoms with E-state index in [4.69, 9.17) is 12.3 Å². The smallest absolute Gasteiger partial charge is 0.272 e. The quantitative estimate of drug-likeness (QED) is 0.467. The van der Waals surface area contributed by atoms with Crippen LogP contribution in [0.1, 0.15) is 12.0 Å². The molecule has 0 saturated heterocycles. The minimum atomic E-state index is -0.396. The van der Waals surface area contributed by atoms with Gasteiger partial charge in [-0.25, -0.2) is 0 Å². The van der Waals surface area contributed by atoms with Gasteiger partial charge >= 0.3 is 0 Å². The molecular formula is C14H10BNO3. The zero-order valence-electron chi connectivity index (χ0n) is 10.1. The van der Waals surface area contributed by atoms with Crippen LogP contribution in [0.3, 0.4) is 0 Å². The van der Waals surface area contributed by atoms with Gasteiger partial charge in [0.25, 0.3) is 5.70 Å². The van der Waals surface area contributed by atoms with Crippen molar-refractivity contribution < 1.29 is 9.34 Å². The van der Waals surface area contributed by atoms with Gasteiger partial charge in [-0.1, -0.05) is 24.3 Å². The number of hydrogen-bond donors (Lipinski definition) is 0. The lowest BCUT2D eigenvalue weighted by Crippen LogP contribution is -2.07. The van der Waals surface area contributed by atoms with Crippen molar-refractivity contribution in [3.05, 3.63) is 64.1 Å². The number of nitrogens with zero attached hydrogens (tertiary/aromatic N) is 1. The van der Waals surface area contributed by atoms with Crippen LogP contribution in [0.5, 0.6) is 0 Å². The lowest BCUT2D eigenvalue weighted by atomic mass is 9.79. The Morgan fingerprint density at radius 3 is 2.95 bits per heavy atom. The first-order valence-corrected chi connectivity index (χ1v) is 5.96. The van der Waals surface area contributed by atoms with Crippen molar-refractivity contribution in [3.8, 4) is 0 Å². The lowest BCUT2D eigenvalue weighted by Gasteiger charge is -2.12. The van der Waals surface area contributed by atoms with Gasteiger partial charge in [-0.3, -0.25) is 10.1 Å². The van der Waals surface area contributed by atoms with E-state index < -0.39 is 4.92 Å². The van der Waals surface area contributed by atoms with Gasteiger partial charge in [0.05, 0.1) is 24.6 Å². The van der Waals surface area contributed by atoms with Crippen LogP contribution in [-0.2, 0) is 0 Å². The fourth-order valence-corrected chi connectivity index (χ4v) is 2.31. The maximum atomic E-state index is 11.2. The molecule has 1 aromatic heterocycles. The van der Waals surface area contributed by atoms with Crippen molar-refractivity contribution in [3.63, 3.8) is 0 Å². The molecule has 92 valence electrons. The summed E-state index contributed by atoms with van der Waals surface area (Å²) in [5.74, 6) is -0.303. The lowest BCUT2D eigenvalue weighted by molar-refractivity contribution is -0.417. The van der Waals surface area contributed by atoms with E-state index in [1.165, 1.54) is 6.08 Å². The molecule has 1 aromatic carbocycles. The number of fused-ring (bicyclic) bond motifs is 1. The summed E-state index contributed by atoms with van der Waals surface area (Å²) in [6.07, 6.45) is 5.45. The van der Waals surface area contributed by atoms with E-state index in [-0.39, 0.29) is 11.5 Å². The van der Waals surface area contributed by atoms with E-state index in [0.29, 0.717) is 12.0 Å². The molecule has 2 radical (unpaired) electrons. The van der Waals surface area contributed by atoms with Crippen molar-refractivity contribution >= 4 is 24.4 Å². The van der Waals surface area contributed by atoms with E-state index in [0.717, 1.165) is 16.5 Å². The summed E-state index contributed by atoms with van der Waals surface area (Å²) in [5.41, 5.74) is 2.09. The molecule has 0 bridgehead atoms. The standard InChI is InChI=1S/C14H10BNO3/c15-9-5-6-10(13(7-9)16(17)18)12-8-19-14-4-2-1-3-11(12)14/h1-4,6-9H,5H2. The number of allylic oxidation sites excluding steroid dienone is 3. The van der Waals surface area contributed by atoms with Crippen LogP contribution < -0.4 is 0 Å². The van der Waals surface area contributed by atoms with Gasteiger partial charge in [0.15, 0.2) is 0 Å². The number of hydrogen-bond acceptors (Lipinski definition) is 3. The molecule has 0 aliphatic heterocycles. The summed E-state index contributed by atoms with van der Waals surface area (Å²) < 4.78 is 5.44. The van der Waals surface area contributed by atoms with Crippen LogP contribution >= 0.6 is 0 Å². The monoisotopic (exact) mass is 251 g/mol. The zero-order chi connectivity index (χ0) is 13.4. The molecule has 0 spiro atoms. The molecule has 1 aliphatic carbocycles. The van der Waals surface area contributed by atoms with Gasteiger partial charge in [-0.05, 0) is 24.4 Å². The van der Waals surface area contributed by atoms with Crippen LogP contribution in [0.15, 0.2) is 52.8 Å². The zero-order valence-corrected chi connectivity index (χ0v) is 10.1. The Labute approximate surface area is 111 Å². The Hall–Kier alpha value is -2.30. The highest BCUT2D eigenvalue weighted by atomic mass is 16.6. The Morgan fingerprint density at radius 2 is 2.16 bits per heavy atom. The third-order valence-electron chi connectivity index (χ3n) is 3.21. The summed E-state index contributed by atoms with van der Waals surface area (Å²) in [7, 11) is 5.74. The average molecular weight is 251 g/mol. The van der Waals surface area contributed by atoms with Crippen LogP contribution in [0.4, 0.5) is 0 Å². The molecule has 0 saturated carbocycles. The Morgan fingerprint density at radius 1 is 1.37 bits per heavy atom. The Bertz CT molecular complexity index is 714. The first kappa shape index (κ1) is 11.8. The molecule has 1 heterocycles. The average Bonchev–Trinajstić information content (AvgIpc) is 2.82.